The minimum Gasteiger partial charge on any atom is -0.507 e. The monoisotopic (exact) mass is 523 g/mol. The van der Waals surface area contributed by atoms with Crippen molar-refractivity contribution in [2.24, 2.45) is 5.92 Å². The smallest absolute Gasteiger partial charge is 0.342 e. The van der Waals surface area contributed by atoms with Crippen molar-refractivity contribution in [3.05, 3.63) is 52.5 Å². The van der Waals surface area contributed by atoms with Gasteiger partial charge in [0.05, 0.1) is 39.5 Å². The Hall–Kier alpha value is -2.61. The fraction of sp³-hybridized carbons (Fsp3) is 0.500. The highest BCUT2D eigenvalue weighted by atomic mass is 31.2. The Morgan fingerprint density at radius 1 is 1.19 bits per heavy atom. The molecule has 1 atom stereocenters. The van der Waals surface area contributed by atoms with E-state index in [2.05, 4.69) is 0 Å². The number of carbonyl (C=O) groups is 2. The number of methoxy groups -OCH3 is 2. The number of fused-ring (bicyclic) bond motifs is 1. The van der Waals surface area contributed by atoms with Gasteiger partial charge in [-0.05, 0) is 46.1 Å². The zero-order valence-electron chi connectivity index (χ0n) is 21.8. The van der Waals surface area contributed by atoms with E-state index in [1.54, 1.807) is 32.4 Å². The third kappa shape index (κ3) is 7.21. The summed E-state index contributed by atoms with van der Waals surface area (Å²) in [7, 11) is -0.376. The summed E-state index contributed by atoms with van der Waals surface area (Å²) in [5.74, 6) is -1.21. The number of hydrogen-bond acceptors (Lipinski definition) is 9. The van der Waals surface area contributed by atoms with Gasteiger partial charge in [0.1, 0.15) is 23.7 Å². The third-order valence-corrected chi connectivity index (χ3v) is 7.74. The van der Waals surface area contributed by atoms with E-state index in [9.17, 15) is 19.3 Å². The van der Waals surface area contributed by atoms with Crippen molar-refractivity contribution in [1.29, 1.82) is 0 Å². The average molecular weight is 524 g/mol. The van der Waals surface area contributed by atoms with Gasteiger partial charge >= 0.3 is 19.5 Å². The Bertz CT molecular complexity index is 1050. The van der Waals surface area contributed by atoms with Crippen LogP contribution in [0.4, 0.5) is 0 Å². The number of carbonyl (C=O) groups excluding carboxylic acids is 2. The average Bonchev–Trinajstić information content (AvgIpc) is 3.24. The van der Waals surface area contributed by atoms with Crippen LogP contribution in [0.25, 0.3) is 0 Å². The molecule has 0 spiro atoms. The lowest BCUT2D eigenvalue weighted by atomic mass is 9.93. The predicted molar refractivity (Wildman–Crippen MR) is 135 cm³/mol. The molecule has 0 fully saturated rings. The number of aromatic hydroxyl groups is 1. The number of phenolic OH excluding ortho intramolecular Hbond substituents is 1. The van der Waals surface area contributed by atoms with E-state index in [-0.39, 0.29) is 43.7 Å². The Morgan fingerprint density at radius 2 is 1.86 bits per heavy atom. The Labute approximate surface area is 212 Å². The molecule has 1 aromatic rings. The van der Waals surface area contributed by atoms with Crippen LogP contribution < -0.4 is 4.74 Å². The number of allylic oxidation sites excluding steroid dienone is 4. The second-order valence-electron chi connectivity index (χ2n) is 8.20. The molecule has 1 radical (unpaired) electrons. The number of ether oxygens (including phenoxy) is 3. The quantitative estimate of drug-likeness (QED) is 0.202. The molecular formula is C26H36O9P. The largest absolute Gasteiger partial charge is 0.507 e. The first-order valence-electron chi connectivity index (χ1n) is 11.8. The summed E-state index contributed by atoms with van der Waals surface area (Å²) in [6.45, 7) is 7.80. The zero-order valence-corrected chi connectivity index (χ0v) is 22.7. The van der Waals surface area contributed by atoms with Crippen LogP contribution in [0.5, 0.6) is 11.5 Å². The molecule has 0 aromatic heterocycles. The molecule has 1 heterocycles. The van der Waals surface area contributed by atoms with Gasteiger partial charge in [0.15, 0.2) is 0 Å². The van der Waals surface area contributed by atoms with Crippen molar-refractivity contribution in [1.82, 2.24) is 0 Å². The molecule has 0 aliphatic carbocycles. The molecule has 1 aliphatic rings. The summed E-state index contributed by atoms with van der Waals surface area (Å²) in [6, 6.07) is 0. The molecule has 0 amide bonds. The van der Waals surface area contributed by atoms with E-state index in [0.717, 1.165) is 11.1 Å². The third-order valence-electron chi connectivity index (χ3n) is 5.78. The number of phenols is 1. The first kappa shape index (κ1) is 29.6. The second-order valence-corrected chi connectivity index (χ2v) is 10.3. The van der Waals surface area contributed by atoms with Gasteiger partial charge in [-0.15, -0.1) is 0 Å². The molecule has 1 aromatic carbocycles. The number of hydrogen-bond donors (Lipinski definition) is 1. The van der Waals surface area contributed by atoms with Crippen molar-refractivity contribution in [2.45, 2.75) is 47.1 Å². The van der Waals surface area contributed by atoms with E-state index in [1.165, 1.54) is 14.2 Å². The maximum atomic E-state index is 12.6. The first-order chi connectivity index (χ1) is 17.1. The Kier molecular flexibility index (Phi) is 11.2. The molecule has 0 bridgehead atoms. The van der Waals surface area contributed by atoms with Crippen molar-refractivity contribution >= 4 is 19.5 Å². The van der Waals surface area contributed by atoms with E-state index in [0.29, 0.717) is 23.3 Å². The van der Waals surface area contributed by atoms with Crippen molar-refractivity contribution < 1.29 is 42.5 Å². The molecule has 1 aliphatic heterocycles. The number of cyclic esters (lactones) is 1. The Morgan fingerprint density at radius 3 is 2.44 bits per heavy atom. The highest BCUT2D eigenvalue weighted by Gasteiger charge is 2.32. The van der Waals surface area contributed by atoms with Crippen molar-refractivity contribution in [2.75, 3.05) is 33.6 Å². The summed E-state index contributed by atoms with van der Waals surface area (Å²) in [5.41, 5.74) is 2.79. The highest BCUT2D eigenvalue weighted by Crippen LogP contribution is 2.48. The zero-order chi connectivity index (χ0) is 26.9. The van der Waals surface area contributed by atoms with Gasteiger partial charge in [0.2, 0.25) is 0 Å². The summed E-state index contributed by atoms with van der Waals surface area (Å²) >= 11 is 0. The van der Waals surface area contributed by atoms with Gasteiger partial charge in [-0.25, -0.2) is 4.79 Å². The predicted octanol–water partition coefficient (Wildman–Crippen LogP) is 5.07. The van der Waals surface area contributed by atoms with Crippen LogP contribution in [-0.2, 0) is 40.9 Å². The molecule has 36 heavy (non-hydrogen) atoms. The topological polar surface area (TPSA) is 118 Å². The lowest BCUT2D eigenvalue weighted by Gasteiger charge is -2.16. The lowest BCUT2D eigenvalue weighted by Crippen LogP contribution is -2.16. The molecule has 0 saturated heterocycles. The molecule has 2 rings (SSSR count). The van der Waals surface area contributed by atoms with Crippen LogP contribution in [0.15, 0.2) is 23.8 Å². The first-order valence-corrected chi connectivity index (χ1v) is 13.6. The van der Waals surface area contributed by atoms with Crippen LogP contribution in [0.2, 0.25) is 0 Å². The molecule has 199 valence electrons. The molecular weight excluding hydrogens is 487 g/mol. The molecule has 0 saturated carbocycles. The highest BCUT2D eigenvalue weighted by molar-refractivity contribution is 7.54. The van der Waals surface area contributed by atoms with Crippen LogP contribution in [0.1, 0.15) is 54.2 Å². The normalized spacial score (nSPS) is 14.6. The van der Waals surface area contributed by atoms with Crippen LogP contribution >= 0.6 is 7.60 Å². The van der Waals surface area contributed by atoms with Gasteiger partial charge in [-0.2, -0.15) is 0 Å². The standard InChI is InChI=1S/C26H36O9P/c1-7-34-36(30,35-8-2)14-10-9-11-19(25(28)32-6)15-17(3)12-13-20-23(27)22-21(16-33-26(22)29)18(4)24(20)31-5/h9-10,12,15,19,27H,7-8,11,13-14,16H2,1-6H3/b10-9+,17-12+. The van der Waals surface area contributed by atoms with E-state index in [1.807, 2.05) is 19.9 Å². The molecule has 10 heteroatoms. The maximum absolute atomic E-state index is 12.6. The van der Waals surface area contributed by atoms with Gasteiger partial charge in [0.25, 0.3) is 0 Å². The van der Waals surface area contributed by atoms with Gasteiger partial charge in [-0.3, -0.25) is 9.36 Å². The van der Waals surface area contributed by atoms with Gasteiger partial charge in [-0.1, -0.05) is 23.8 Å². The summed E-state index contributed by atoms with van der Waals surface area (Å²) in [5, 5.41) is 10.8. The molecule has 9 nitrogen and oxygen atoms in total. The number of benzene rings is 1. The fourth-order valence-electron chi connectivity index (χ4n) is 4.04. The van der Waals surface area contributed by atoms with Crippen LogP contribution in [0, 0.1) is 19.3 Å². The van der Waals surface area contributed by atoms with E-state index >= 15 is 0 Å². The van der Waals surface area contributed by atoms with E-state index < -0.39 is 25.5 Å². The number of esters is 2. The lowest BCUT2D eigenvalue weighted by molar-refractivity contribution is -0.144. The molecule has 1 unspecified atom stereocenters. The van der Waals surface area contributed by atoms with E-state index in [4.69, 9.17) is 23.3 Å². The van der Waals surface area contributed by atoms with Gasteiger partial charge < -0.3 is 28.4 Å². The second kappa shape index (κ2) is 13.6. The summed E-state index contributed by atoms with van der Waals surface area (Å²) in [6.07, 6.45) is 7.74. The molecule has 1 N–H and O–H groups in total. The van der Waals surface area contributed by atoms with Crippen LogP contribution in [0.3, 0.4) is 0 Å². The Balaban J connectivity index is 2.16. The fourth-order valence-corrected chi connectivity index (χ4v) is 5.52. The maximum Gasteiger partial charge on any atom is 0.342 e. The minimum atomic E-state index is -3.20. The van der Waals surface area contributed by atoms with Crippen molar-refractivity contribution in [3.8, 4) is 11.5 Å². The van der Waals surface area contributed by atoms with Gasteiger partial charge in [0, 0.05) is 17.5 Å². The van der Waals surface area contributed by atoms with Crippen LogP contribution in [-0.4, -0.2) is 50.6 Å². The summed E-state index contributed by atoms with van der Waals surface area (Å²) in [4.78, 5) is 24.5. The van der Waals surface area contributed by atoms with Crippen molar-refractivity contribution in [3.63, 3.8) is 0 Å². The minimum absolute atomic E-state index is 0.103. The number of rotatable bonds is 14. The SMILES string of the molecule is CCOP(=O)(C/C=C/CC([CH]/C(C)=C/Cc1c(O)c2c(c(C)c1OC)COC2=O)C(=O)OC)OCC. The summed E-state index contributed by atoms with van der Waals surface area (Å²) < 4.78 is 38.7.